The molecule has 1 aromatic rings. The molecule has 5 heteroatoms. The summed E-state index contributed by atoms with van der Waals surface area (Å²) in [6.45, 7) is 2.26. The van der Waals surface area contributed by atoms with Crippen LogP contribution in [0.5, 0.6) is 0 Å². The number of amides is 1. The normalized spacial score (nSPS) is 19.1. The third kappa shape index (κ3) is 2.61. The minimum absolute atomic E-state index is 0.0299. The van der Waals surface area contributed by atoms with E-state index in [9.17, 15) is 9.59 Å². The third-order valence-corrected chi connectivity index (χ3v) is 3.51. The second kappa shape index (κ2) is 5.40. The summed E-state index contributed by atoms with van der Waals surface area (Å²) in [6, 6.07) is 6.91. The van der Waals surface area contributed by atoms with Gasteiger partial charge in [0, 0.05) is 18.2 Å². The number of carbonyl (C=O) groups is 2. The number of hydrogen-bond acceptors (Lipinski definition) is 3. The Balaban J connectivity index is 2.30. The van der Waals surface area contributed by atoms with Crippen LogP contribution < -0.4 is 10.6 Å². The Hall–Kier alpha value is -1.88. The van der Waals surface area contributed by atoms with Crippen molar-refractivity contribution < 1.29 is 14.7 Å². The van der Waals surface area contributed by atoms with Gasteiger partial charge in [0.2, 0.25) is 5.91 Å². The molecular formula is C14H18N2O3. The zero-order valence-corrected chi connectivity index (χ0v) is 10.9. The Morgan fingerprint density at radius 3 is 2.79 bits per heavy atom. The minimum Gasteiger partial charge on any atom is -0.481 e. The summed E-state index contributed by atoms with van der Waals surface area (Å²) in [6.07, 6.45) is 0.600. The Morgan fingerprint density at radius 2 is 2.16 bits per heavy atom. The van der Waals surface area contributed by atoms with Crippen LogP contribution in [0.15, 0.2) is 24.3 Å². The van der Waals surface area contributed by atoms with Crippen LogP contribution in [0.3, 0.4) is 0 Å². The molecule has 2 atom stereocenters. The van der Waals surface area contributed by atoms with E-state index in [0.29, 0.717) is 13.0 Å². The van der Waals surface area contributed by atoms with Gasteiger partial charge in [-0.1, -0.05) is 25.1 Å². The smallest absolute Gasteiger partial charge is 0.304 e. The molecule has 0 aliphatic carbocycles. The van der Waals surface area contributed by atoms with Gasteiger partial charge < -0.3 is 15.7 Å². The lowest BCUT2D eigenvalue weighted by Gasteiger charge is -2.21. The van der Waals surface area contributed by atoms with Crippen molar-refractivity contribution in [2.75, 3.05) is 11.4 Å². The Labute approximate surface area is 112 Å². The molecule has 5 nitrogen and oxygen atoms in total. The van der Waals surface area contributed by atoms with Crippen LogP contribution in [-0.2, 0) is 9.59 Å². The third-order valence-electron chi connectivity index (χ3n) is 3.51. The molecule has 0 aromatic heterocycles. The summed E-state index contributed by atoms with van der Waals surface area (Å²) in [7, 11) is 0. The zero-order chi connectivity index (χ0) is 14.0. The molecule has 3 N–H and O–H groups in total. The molecule has 0 saturated heterocycles. The molecule has 0 saturated carbocycles. The molecule has 1 aliphatic rings. The average molecular weight is 262 g/mol. The van der Waals surface area contributed by atoms with Crippen molar-refractivity contribution in [3.63, 3.8) is 0 Å². The average Bonchev–Trinajstić information content (AvgIpc) is 2.75. The van der Waals surface area contributed by atoms with Crippen LogP contribution >= 0.6 is 0 Å². The van der Waals surface area contributed by atoms with Crippen molar-refractivity contribution in [3.05, 3.63) is 29.8 Å². The SMILES string of the molecule is CC[C@@H](N)C(=O)N1CC(CC(=O)O)c2ccccc21. The molecule has 1 unspecified atom stereocenters. The lowest BCUT2D eigenvalue weighted by Crippen LogP contribution is -2.43. The van der Waals surface area contributed by atoms with Crippen LogP contribution in [0.1, 0.15) is 31.2 Å². The summed E-state index contributed by atoms with van der Waals surface area (Å²) in [5, 5.41) is 8.95. The van der Waals surface area contributed by atoms with Gasteiger partial charge in [-0.2, -0.15) is 0 Å². The zero-order valence-electron chi connectivity index (χ0n) is 10.9. The van der Waals surface area contributed by atoms with Crippen LogP contribution in [0.25, 0.3) is 0 Å². The predicted molar refractivity (Wildman–Crippen MR) is 72.1 cm³/mol. The highest BCUT2D eigenvalue weighted by Crippen LogP contribution is 2.38. The fourth-order valence-corrected chi connectivity index (χ4v) is 2.46. The second-order valence-electron chi connectivity index (χ2n) is 4.82. The molecular weight excluding hydrogens is 244 g/mol. The first-order valence-electron chi connectivity index (χ1n) is 6.42. The van der Waals surface area contributed by atoms with E-state index < -0.39 is 12.0 Å². The van der Waals surface area contributed by atoms with Gasteiger partial charge >= 0.3 is 5.97 Å². The Kier molecular flexibility index (Phi) is 3.85. The number of rotatable bonds is 4. The maximum Gasteiger partial charge on any atom is 0.304 e. The molecule has 2 rings (SSSR count). The second-order valence-corrected chi connectivity index (χ2v) is 4.82. The number of fused-ring (bicyclic) bond motifs is 1. The fourth-order valence-electron chi connectivity index (χ4n) is 2.46. The van der Waals surface area contributed by atoms with Gasteiger partial charge in [-0.3, -0.25) is 9.59 Å². The maximum atomic E-state index is 12.2. The number of carboxylic acids is 1. The van der Waals surface area contributed by atoms with Crippen molar-refractivity contribution in [1.29, 1.82) is 0 Å². The molecule has 102 valence electrons. The monoisotopic (exact) mass is 262 g/mol. The van der Waals surface area contributed by atoms with E-state index in [1.54, 1.807) is 4.90 Å². The van der Waals surface area contributed by atoms with Gasteiger partial charge in [0.25, 0.3) is 0 Å². The molecule has 1 heterocycles. The van der Waals surface area contributed by atoms with Crippen LogP contribution in [0.4, 0.5) is 5.69 Å². The first-order valence-corrected chi connectivity index (χ1v) is 6.42. The van der Waals surface area contributed by atoms with E-state index in [1.165, 1.54) is 0 Å². The van der Waals surface area contributed by atoms with Crippen LogP contribution in [0.2, 0.25) is 0 Å². The molecule has 1 amide bonds. The largest absolute Gasteiger partial charge is 0.481 e. The fraction of sp³-hybridized carbons (Fsp3) is 0.429. The van der Waals surface area contributed by atoms with E-state index >= 15 is 0 Å². The number of carbonyl (C=O) groups excluding carboxylic acids is 1. The number of benzene rings is 1. The van der Waals surface area contributed by atoms with E-state index in [-0.39, 0.29) is 18.2 Å². The Bertz CT molecular complexity index is 501. The van der Waals surface area contributed by atoms with Crippen molar-refractivity contribution >= 4 is 17.6 Å². The summed E-state index contributed by atoms with van der Waals surface area (Å²) in [4.78, 5) is 24.7. The van der Waals surface area contributed by atoms with Crippen LogP contribution in [-0.4, -0.2) is 29.6 Å². The molecule has 0 fully saturated rings. The number of nitrogens with two attached hydrogens (primary N) is 1. The van der Waals surface area contributed by atoms with E-state index in [1.807, 2.05) is 31.2 Å². The van der Waals surface area contributed by atoms with Crippen molar-refractivity contribution in [3.8, 4) is 0 Å². The summed E-state index contributed by atoms with van der Waals surface area (Å²) < 4.78 is 0. The lowest BCUT2D eigenvalue weighted by molar-refractivity contribution is -0.137. The molecule has 0 spiro atoms. The van der Waals surface area contributed by atoms with Crippen molar-refractivity contribution in [2.45, 2.75) is 31.7 Å². The van der Waals surface area contributed by atoms with E-state index in [2.05, 4.69) is 0 Å². The van der Waals surface area contributed by atoms with Gasteiger partial charge in [-0.25, -0.2) is 0 Å². The highest BCUT2D eigenvalue weighted by atomic mass is 16.4. The predicted octanol–water partition coefficient (Wildman–Crippen LogP) is 1.33. The standard InChI is InChI=1S/C14H18N2O3/c1-2-11(15)14(19)16-8-9(7-13(17)18)10-5-3-4-6-12(10)16/h3-6,9,11H,2,7-8,15H2,1H3,(H,17,18)/t9?,11-/m1/s1. The molecule has 19 heavy (non-hydrogen) atoms. The maximum absolute atomic E-state index is 12.2. The summed E-state index contributed by atoms with van der Waals surface area (Å²) in [5.41, 5.74) is 7.50. The van der Waals surface area contributed by atoms with Crippen molar-refractivity contribution in [2.24, 2.45) is 5.73 Å². The van der Waals surface area contributed by atoms with Crippen molar-refractivity contribution in [1.82, 2.24) is 0 Å². The number of carboxylic acid groups (broad SMARTS) is 1. The van der Waals surface area contributed by atoms with Gasteiger partial charge in [0.15, 0.2) is 0 Å². The first kappa shape index (κ1) is 13.5. The lowest BCUT2D eigenvalue weighted by atomic mass is 9.98. The topological polar surface area (TPSA) is 83.6 Å². The van der Waals surface area contributed by atoms with E-state index in [4.69, 9.17) is 10.8 Å². The highest BCUT2D eigenvalue weighted by Gasteiger charge is 2.34. The quantitative estimate of drug-likeness (QED) is 0.857. The summed E-state index contributed by atoms with van der Waals surface area (Å²) in [5.74, 6) is -1.14. The molecule has 0 bridgehead atoms. The molecule has 1 aliphatic heterocycles. The minimum atomic E-state index is -0.853. The highest BCUT2D eigenvalue weighted by molar-refractivity contribution is 5.99. The number of hydrogen-bond donors (Lipinski definition) is 2. The van der Waals surface area contributed by atoms with Crippen LogP contribution in [0, 0.1) is 0 Å². The van der Waals surface area contributed by atoms with Gasteiger partial charge in [0.1, 0.15) is 0 Å². The number of para-hydroxylation sites is 1. The van der Waals surface area contributed by atoms with Gasteiger partial charge in [-0.15, -0.1) is 0 Å². The number of anilines is 1. The van der Waals surface area contributed by atoms with Gasteiger partial charge in [-0.05, 0) is 18.1 Å². The van der Waals surface area contributed by atoms with E-state index in [0.717, 1.165) is 11.3 Å². The number of nitrogens with zero attached hydrogens (tertiary/aromatic N) is 1. The number of aliphatic carboxylic acids is 1. The summed E-state index contributed by atoms with van der Waals surface area (Å²) >= 11 is 0. The first-order chi connectivity index (χ1) is 9.04. The molecule has 0 radical (unpaired) electrons. The Morgan fingerprint density at radius 1 is 1.47 bits per heavy atom. The molecule has 1 aromatic carbocycles. The van der Waals surface area contributed by atoms with Gasteiger partial charge in [0.05, 0.1) is 12.5 Å².